The summed E-state index contributed by atoms with van der Waals surface area (Å²) >= 11 is 0. The highest BCUT2D eigenvalue weighted by Gasteiger charge is 2.38. The lowest BCUT2D eigenvalue weighted by molar-refractivity contribution is 0.0257. The van der Waals surface area contributed by atoms with Crippen LogP contribution in [0.1, 0.15) is 20.3 Å². The highest BCUT2D eigenvalue weighted by atomic mass is 19.3. The first-order valence-corrected chi connectivity index (χ1v) is 5.86. The first-order valence-electron chi connectivity index (χ1n) is 5.86. The molecule has 1 heterocycles. The minimum Gasteiger partial charge on any atom is -0.491 e. The highest BCUT2D eigenvalue weighted by molar-refractivity contribution is 5.50. The summed E-state index contributed by atoms with van der Waals surface area (Å²) < 4.78 is 31.6. The summed E-state index contributed by atoms with van der Waals surface area (Å²) in [6.07, 6.45) is 0.0639. The van der Waals surface area contributed by atoms with Gasteiger partial charge in [0.15, 0.2) is 0 Å². The molecular formula is C13H17F2NO. The maximum Gasteiger partial charge on any atom is 0.266 e. The second-order valence-corrected chi connectivity index (χ2v) is 4.69. The second-order valence-electron chi connectivity index (χ2n) is 4.69. The van der Waals surface area contributed by atoms with Crippen molar-refractivity contribution >= 4 is 5.69 Å². The van der Waals surface area contributed by atoms with Gasteiger partial charge in [0, 0.05) is 18.7 Å². The van der Waals surface area contributed by atoms with E-state index in [2.05, 4.69) is 0 Å². The summed E-state index contributed by atoms with van der Waals surface area (Å²) in [6.45, 7) is 4.14. The number of benzene rings is 1. The maximum absolute atomic E-state index is 13.1. The Labute approximate surface area is 100 Å². The first-order chi connectivity index (χ1) is 7.96. The van der Waals surface area contributed by atoms with Crippen LogP contribution in [0.25, 0.3) is 0 Å². The molecule has 94 valence electrons. The van der Waals surface area contributed by atoms with Gasteiger partial charge < -0.3 is 9.64 Å². The minimum atomic E-state index is -2.55. The van der Waals surface area contributed by atoms with Crippen LogP contribution in [0, 0.1) is 0 Å². The number of anilines is 1. The Morgan fingerprint density at radius 1 is 1.24 bits per heavy atom. The van der Waals surface area contributed by atoms with E-state index in [0.29, 0.717) is 6.54 Å². The monoisotopic (exact) mass is 241 g/mol. The van der Waals surface area contributed by atoms with Crippen LogP contribution in [0.4, 0.5) is 14.5 Å². The molecule has 0 spiro atoms. The smallest absolute Gasteiger partial charge is 0.266 e. The Balaban J connectivity index is 2.03. The topological polar surface area (TPSA) is 12.5 Å². The third-order valence-corrected chi connectivity index (χ3v) is 2.74. The Hall–Kier alpha value is -1.32. The number of nitrogens with zero attached hydrogens (tertiary/aromatic N) is 1. The van der Waals surface area contributed by atoms with Gasteiger partial charge in [-0.3, -0.25) is 0 Å². The minimum absolute atomic E-state index is 0.0583. The zero-order chi connectivity index (χ0) is 12.5. The van der Waals surface area contributed by atoms with Crippen LogP contribution >= 0.6 is 0 Å². The molecule has 0 atom stereocenters. The van der Waals surface area contributed by atoms with Gasteiger partial charge in [0.1, 0.15) is 5.75 Å². The largest absolute Gasteiger partial charge is 0.491 e. The van der Waals surface area contributed by atoms with Gasteiger partial charge in [0.2, 0.25) is 0 Å². The highest BCUT2D eigenvalue weighted by Crippen LogP contribution is 2.31. The van der Waals surface area contributed by atoms with Gasteiger partial charge in [0.05, 0.1) is 12.6 Å². The summed E-state index contributed by atoms with van der Waals surface area (Å²) in [5.41, 5.74) is 0.832. The number of hydrogen-bond acceptors (Lipinski definition) is 2. The van der Waals surface area contributed by atoms with E-state index >= 15 is 0 Å². The number of hydrogen-bond donors (Lipinski definition) is 0. The third kappa shape index (κ3) is 3.08. The van der Waals surface area contributed by atoms with Crippen molar-refractivity contribution in [3.8, 4) is 5.75 Å². The fourth-order valence-corrected chi connectivity index (χ4v) is 1.96. The number of alkyl halides is 2. The van der Waals surface area contributed by atoms with E-state index in [0.717, 1.165) is 11.4 Å². The average Bonchev–Trinajstić information content (AvgIpc) is 2.59. The SMILES string of the molecule is CC(C)Oc1ccc(N2CCC(F)(F)C2)cc1. The molecular weight excluding hydrogens is 224 g/mol. The van der Waals surface area contributed by atoms with Crippen molar-refractivity contribution in [2.24, 2.45) is 0 Å². The summed E-state index contributed by atoms with van der Waals surface area (Å²) in [6, 6.07) is 7.32. The molecule has 1 aromatic carbocycles. The molecule has 0 aliphatic carbocycles. The molecule has 0 aromatic heterocycles. The Morgan fingerprint density at radius 2 is 1.88 bits per heavy atom. The lowest BCUT2D eigenvalue weighted by Gasteiger charge is -2.18. The molecule has 0 amide bonds. The molecule has 4 heteroatoms. The molecule has 2 nitrogen and oxygen atoms in total. The predicted octanol–water partition coefficient (Wildman–Crippen LogP) is 3.32. The van der Waals surface area contributed by atoms with Crippen LogP contribution in [0.15, 0.2) is 24.3 Å². The van der Waals surface area contributed by atoms with Crippen LogP contribution in [0.3, 0.4) is 0 Å². The van der Waals surface area contributed by atoms with E-state index in [1.54, 1.807) is 4.90 Å². The van der Waals surface area contributed by atoms with Crippen molar-refractivity contribution in [2.45, 2.75) is 32.3 Å². The summed E-state index contributed by atoms with van der Waals surface area (Å²) in [5, 5.41) is 0. The fourth-order valence-electron chi connectivity index (χ4n) is 1.96. The van der Waals surface area contributed by atoms with Crippen molar-refractivity contribution in [3.63, 3.8) is 0 Å². The molecule has 1 fully saturated rings. The fraction of sp³-hybridized carbons (Fsp3) is 0.538. The van der Waals surface area contributed by atoms with Gasteiger partial charge in [-0.15, -0.1) is 0 Å². The van der Waals surface area contributed by atoms with Crippen molar-refractivity contribution in [2.75, 3.05) is 18.0 Å². The summed E-state index contributed by atoms with van der Waals surface area (Å²) in [7, 11) is 0. The molecule has 1 aromatic rings. The van der Waals surface area contributed by atoms with Crippen LogP contribution < -0.4 is 9.64 Å². The molecule has 1 saturated heterocycles. The quantitative estimate of drug-likeness (QED) is 0.805. The Bertz CT molecular complexity index is 376. The van der Waals surface area contributed by atoms with Crippen LogP contribution in [0.5, 0.6) is 5.75 Å². The average molecular weight is 241 g/mol. The normalized spacial score (nSPS) is 18.8. The van der Waals surface area contributed by atoms with Gasteiger partial charge in [-0.25, -0.2) is 8.78 Å². The maximum atomic E-state index is 13.1. The zero-order valence-corrected chi connectivity index (χ0v) is 10.1. The third-order valence-electron chi connectivity index (χ3n) is 2.74. The standard InChI is InChI=1S/C13H17F2NO/c1-10(2)17-12-5-3-11(4-6-12)16-8-7-13(14,15)9-16/h3-6,10H,7-9H2,1-2H3. The Kier molecular flexibility index (Phi) is 3.22. The van der Waals surface area contributed by atoms with Crippen LogP contribution in [-0.4, -0.2) is 25.1 Å². The van der Waals surface area contributed by atoms with E-state index in [-0.39, 0.29) is 19.1 Å². The zero-order valence-electron chi connectivity index (χ0n) is 10.1. The number of ether oxygens (including phenoxy) is 1. The molecule has 1 aliphatic rings. The first kappa shape index (κ1) is 12.1. The number of rotatable bonds is 3. The van der Waals surface area contributed by atoms with Gasteiger partial charge in [-0.05, 0) is 38.1 Å². The van der Waals surface area contributed by atoms with Crippen LogP contribution in [-0.2, 0) is 0 Å². The molecule has 0 N–H and O–H groups in total. The molecule has 0 bridgehead atoms. The summed E-state index contributed by atoms with van der Waals surface area (Å²) in [5.74, 6) is -1.78. The van der Waals surface area contributed by atoms with Crippen LogP contribution in [0.2, 0.25) is 0 Å². The van der Waals surface area contributed by atoms with E-state index in [4.69, 9.17) is 4.74 Å². The van der Waals surface area contributed by atoms with E-state index in [9.17, 15) is 8.78 Å². The molecule has 17 heavy (non-hydrogen) atoms. The van der Waals surface area contributed by atoms with Crippen molar-refractivity contribution in [1.82, 2.24) is 0 Å². The lowest BCUT2D eigenvalue weighted by Crippen LogP contribution is -2.24. The molecule has 2 rings (SSSR count). The van der Waals surface area contributed by atoms with Gasteiger partial charge in [-0.1, -0.05) is 0 Å². The van der Waals surface area contributed by atoms with Gasteiger partial charge in [-0.2, -0.15) is 0 Å². The van der Waals surface area contributed by atoms with Gasteiger partial charge >= 0.3 is 0 Å². The molecule has 1 aliphatic heterocycles. The number of halogens is 2. The van der Waals surface area contributed by atoms with Crippen molar-refractivity contribution in [1.29, 1.82) is 0 Å². The molecule has 0 saturated carbocycles. The van der Waals surface area contributed by atoms with Gasteiger partial charge in [0.25, 0.3) is 5.92 Å². The molecule has 0 unspecified atom stereocenters. The molecule has 0 radical (unpaired) electrons. The predicted molar refractivity (Wildman–Crippen MR) is 64.0 cm³/mol. The lowest BCUT2D eigenvalue weighted by atomic mass is 10.3. The van der Waals surface area contributed by atoms with E-state index in [1.807, 2.05) is 38.1 Å². The van der Waals surface area contributed by atoms with E-state index < -0.39 is 5.92 Å². The van der Waals surface area contributed by atoms with Crippen molar-refractivity contribution in [3.05, 3.63) is 24.3 Å². The second kappa shape index (κ2) is 4.51. The van der Waals surface area contributed by atoms with Crippen molar-refractivity contribution < 1.29 is 13.5 Å². The summed E-state index contributed by atoms with van der Waals surface area (Å²) in [4.78, 5) is 1.71. The Morgan fingerprint density at radius 3 is 2.35 bits per heavy atom. The van der Waals surface area contributed by atoms with E-state index in [1.165, 1.54) is 0 Å².